The Morgan fingerprint density at radius 1 is 1.31 bits per heavy atom. The molecule has 0 radical (unpaired) electrons. The largest absolute Gasteiger partial charge is 0.467 e. The van der Waals surface area contributed by atoms with Gasteiger partial charge in [0.15, 0.2) is 0 Å². The molecule has 7 heteroatoms. The fraction of sp³-hybridized carbons (Fsp3) is 0.632. The number of carbonyl (C=O) groups is 3. The zero-order chi connectivity index (χ0) is 19.2. The van der Waals surface area contributed by atoms with Crippen LogP contribution in [0.3, 0.4) is 0 Å². The zero-order valence-electron chi connectivity index (χ0n) is 15.8. The minimum absolute atomic E-state index is 0.150. The molecule has 0 bridgehead atoms. The maximum atomic E-state index is 13.0. The Morgan fingerprint density at radius 2 is 2.00 bits per heavy atom. The minimum Gasteiger partial charge on any atom is -0.467 e. The molecule has 3 amide bonds. The minimum atomic E-state index is -1.02. The Bertz CT molecular complexity index is 623. The first-order valence-corrected chi connectivity index (χ1v) is 9.25. The Kier molecular flexibility index (Phi) is 6.83. The van der Waals surface area contributed by atoms with E-state index < -0.39 is 5.54 Å². The highest BCUT2D eigenvalue weighted by Gasteiger charge is 2.41. The van der Waals surface area contributed by atoms with Crippen molar-refractivity contribution in [3.05, 3.63) is 24.2 Å². The Morgan fingerprint density at radius 3 is 2.54 bits per heavy atom. The molecule has 1 aliphatic rings. The summed E-state index contributed by atoms with van der Waals surface area (Å²) in [5.74, 6) is -0.170. The lowest BCUT2D eigenvalue weighted by molar-refractivity contribution is -0.148. The maximum absolute atomic E-state index is 13.0. The predicted octanol–water partition coefficient (Wildman–Crippen LogP) is 1.97. The van der Waals surface area contributed by atoms with E-state index in [1.807, 2.05) is 6.92 Å². The maximum Gasteiger partial charge on any atom is 0.245 e. The Hall–Kier alpha value is -2.31. The van der Waals surface area contributed by atoms with Crippen molar-refractivity contribution in [3.8, 4) is 0 Å². The second-order valence-corrected chi connectivity index (χ2v) is 7.05. The topological polar surface area (TPSA) is 91.7 Å². The van der Waals surface area contributed by atoms with Gasteiger partial charge in [-0.05, 0) is 38.3 Å². The molecule has 144 valence electrons. The number of nitrogens with zero attached hydrogens (tertiary/aromatic N) is 1. The van der Waals surface area contributed by atoms with Crippen LogP contribution in [0.2, 0.25) is 0 Å². The van der Waals surface area contributed by atoms with Crippen LogP contribution in [0, 0.1) is 0 Å². The lowest BCUT2D eigenvalue weighted by Gasteiger charge is -2.39. The molecule has 1 aromatic heterocycles. The fourth-order valence-corrected chi connectivity index (χ4v) is 3.28. The summed E-state index contributed by atoms with van der Waals surface area (Å²) < 4.78 is 5.38. The van der Waals surface area contributed by atoms with Gasteiger partial charge < -0.3 is 20.0 Å². The van der Waals surface area contributed by atoms with Crippen molar-refractivity contribution in [2.75, 3.05) is 6.54 Å². The molecule has 1 aromatic rings. The number of amides is 3. The molecule has 1 fully saturated rings. The summed E-state index contributed by atoms with van der Waals surface area (Å²) in [4.78, 5) is 38.5. The van der Waals surface area contributed by atoms with E-state index in [0.717, 1.165) is 25.7 Å². The molecular weight excluding hydrogens is 334 g/mol. The highest BCUT2D eigenvalue weighted by Crippen LogP contribution is 2.25. The van der Waals surface area contributed by atoms with Crippen LogP contribution in [0.25, 0.3) is 0 Å². The molecule has 26 heavy (non-hydrogen) atoms. The number of hydrogen-bond donors (Lipinski definition) is 2. The second-order valence-electron chi connectivity index (χ2n) is 7.05. The molecule has 0 spiro atoms. The Balaban J connectivity index is 2.21. The third kappa shape index (κ3) is 4.86. The summed E-state index contributed by atoms with van der Waals surface area (Å²) in [7, 11) is 0. The lowest BCUT2D eigenvalue weighted by atomic mass is 9.93. The smallest absolute Gasteiger partial charge is 0.245 e. The van der Waals surface area contributed by atoms with Gasteiger partial charge in [0, 0.05) is 13.0 Å². The number of nitrogens with one attached hydrogen (secondary N) is 2. The standard InChI is InChI=1S/C19H29N3O4/c1-4-19(3,18(25)21-15-8-5-6-9-15)22(13-16-10-7-11-26-16)17(24)12-20-14(2)23/h7,10-11,15H,4-6,8-9,12-13H2,1-3H3,(H,20,23)(H,21,25). The molecule has 1 saturated carbocycles. The van der Waals surface area contributed by atoms with Gasteiger partial charge in [-0.15, -0.1) is 0 Å². The molecule has 7 nitrogen and oxygen atoms in total. The van der Waals surface area contributed by atoms with E-state index in [1.54, 1.807) is 19.1 Å². The van der Waals surface area contributed by atoms with E-state index in [-0.39, 0.29) is 36.9 Å². The normalized spacial score (nSPS) is 16.7. The number of furan rings is 1. The van der Waals surface area contributed by atoms with Crippen LogP contribution in [0.4, 0.5) is 0 Å². The van der Waals surface area contributed by atoms with Crippen molar-refractivity contribution in [1.29, 1.82) is 0 Å². The van der Waals surface area contributed by atoms with Gasteiger partial charge in [-0.3, -0.25) is 14.4 Å². The average Bonchev–Trinajstić information content (AvgIpc) is 3.30. The van der Waals surface area contributed by atoms with Crippen molar-refractivity contribution in [2.45, 2.75) is 71.0 Å². The quantitative estimate of drug-likeness (QED) is 0.739. The van der Waals surface area contributed by atoms with Crippen LogP contribution < -0.4 is 10.6 Å². The summed E-state index contributed by atoms with van der Waals surface area (Å²) in [6.07, 6.45) is 6.18. The predicted molar refractivity (Wildman–Crippen MR) is 97.0 cm³/mol. The van der Waals surface area contributed by atoms with Crippen LogP contribution in [0.15, 0.2) is 22.8 Å². The monoisotopic (exact) mass is 363 g/mol. The first-order chi connectivity index (χ1) is 12.4. The SMILES string of the molecule is CCC(C)(C(=O)NC1CCCC1)N(Cc1ccco1)C(=O)CNC(C)=O. The molecule has 0 saturated heterocycles. The third-order valence-electron chi connectivity index (χ3n) is 5.15. The molecule has 1 unspecified atom stereocenters. The summed E-state index contributed by atoms with van der Waals surface area (Å²) in [6, 6.07) is 3.68. The van der Waals surface area contributed by atoms with Gasteiger partial charge >= 0.3 is 0 Å². The molecule has 0 aliphatic heterocycles. The summed E-state index contributed by atoms with van der Waals surface area (Å²) in [5, 5.41) is 5.62. The molecule has 1 heterocycles. The second kappa shape index (κ2) is 8.87. The lowest BCUT2D eigenvalue weighted by Crippen LogP contribution is -2.60. The van der Waals surface area contributed by atoms with E-state index in [1.165, 1.54) is 18.1 Å². The van der Waals surface area contributed by atoms with Gasteiger partial charge in [-0.2, -0.15) is 0 Å². The molecule has 2 N–H and O–H groups in total. The van der Waals surface area contributed by atoms with Crippen molar-refractivity contribution in [1.82, 2.24) is 15.5 Å². The summed E-state index contributed by atoms with van der Waals surface area (Å²) in [5.41, 5.74) is -1.02. The van der Waals surface area contributed by atoms with Gasteiger partial charge in [0.2, 0.25) is 17.7 Å². The number of carbonyl (C=O) groups excluding carboxylic acids is 3. The third-order valence-corrected chi connectivity index (χ3v) is 5.15. The van der Waals surface area contributed by atoms with Crippen LogP contribution in [-0.4, -0.2) is 40.7 Å². The fourth-order valence-electron chi connectivity index (χ4n) is 3.28. The highest BCUT2D eigenvalue weighted by molar-refractivity contribution is 5.92. The van der Waals surface area contributed by atoms with E-state index in [2.05, 4.69) is 10.6 Å². The van der Waals surface area contributed by atoms with Gasteiger partial charge in [-0.25, -0.2) is 0 Å². The summed E-state index contributed by atoms with van der Waals surface area (Å²) >= 11 is 0. The van der Waals surface area contributed by atoms with Crippen molar-refractivity contribution in [3.63, 3.8) is 0 Å². The molecule has 2 rings (SSSR count). The molecule has 1 atom stereocenters. The van der Waals surface area contributed by atoms with Crippen molar-refractivity contribution < 1.29 is 18.8 Å². The first kappa shape index (κ1) is 20.0. The van der Waals surface area contributed by atoms with Crippen molar-refractivity contribution >= 4 is 17.7 Å². The first-order valence-electron chi connectivity index (χ1n) is 9.25. The van der Waals surface area contributed by atoms with Gasteiger partial charge in [0.1, 0.15) is 11.3 Å². The highest BCUT2D eigenvalue weighted by atomic mass is 16.3. The number of rotatable bonds is 8. The molecular formula is C19H29N3O4. The summed E-state index contributed by atoms with van der Waals surface area (Å²) in [6.45, 7) is 5.03. The number of hydrogen-bond acceptors (Lipinski definition) is 4. The van der Waals surface area contributed by atoms with Crippen LogP contribution in [0.5, 0.6) is 0 Å². The van der Waals surface area contributed by atoms with Gasteiger partial charge in [0.05, 0.1) is 19.4 Å². The van der Waals surface area contributed by atoms with Gasteiger partial charge in [0.25, 0.3) is 0 Å². The van der Waals surface area contributed by atoms with Crippen LogP contribution in [-0.2, 0) is 20.9 Å². The average molecular weight is 363 g/mol. The molecule has 1 aliphatic carbocycles. The molecule has 0 aromatic carbocycles. The van der Waals surface area contributed by atoms with Crippen LogP contribution >= 0.6 is 0 Å². The Labute approximate surface area is 154 Å². The van der Waals surface area contributed by atoms with E-state index in [0.29, 0.717) is 12.2 Å². The van der Waals surface area contributed by atoms with Crippen molar-refractivity contribution in [2.24, 2.45) is 0 Å². The van der Waals surface area contributed by atoms with Gasteiger partial charge in [-0.1, -0.05) is 19.8 Å². The van der Waals surface area contributed by atoms with E-state index in [4.69, 9.17) is 4.42 Å². The van der Waals surface area contributed by atoms with E-state index >= 15 is 0 Å². The van der Waals surface area contributed by atoms with Crippen LogP contribution in [0.1, 0.15) is 58.6 Å². The van der Waals surface area contributed by atoms with E-state index in [9.17, 15) is 14.4 Å². The zero-order valence-corrected chi connectivity index (χ0v) is 15.8.